The first-order valence-electron chi connectivity index (χ1n) is 8.61. The van der Waals surface area contributed by atoms with E-state index < -0.39 is 0 Å². The van der Waals surface area contributed by atoms with Crippen LogP contribution in [0.4, 0.5) is 5.69 Å². The second-order valence-electron chi connectivity index (χ2n) is 6.09. The maximum absolute atomic E-state index is 12.3. The minimum atomic E-state index is 0. The van der Waals surface area contributed by atoms with Gasteiger partial charge in [0.25, 0.3) is 0 Å². The van der Waals surface area contributed by atoms with Crippen molar-refractivity contribution in [3.8, 4) is 5.75 Å². The van der Waals surface area contributed by atoms with Crippen molar-refractivity contribution in [1.29, 1.82) is 0 Å². The van der Waals surface area contributed by atoms with Crippen molar-refractivity contribution in [3.05, 3.63) is 24.3 Å². The Kier molecular flexibility index (Phi) is 9.76. The zero-order valence-electron chi connectivity index (χ0n) is 14.7. The number of piperidine rings is 1. The molecule has 0 radical (unpaired) electrons. The molecule has 1 aromatic carbocycles. The Bertz CT molecular complexity index is 491. The van der Waals surface area contributed by atoms with Gasteiger partial charge in [-0.05, 0) is 70.9 Å². The van der Waals surface area contributed by atoms with E-state index >= 15 is 0 Å². The fourth-order valence-corrected chi connectivity index (χ4v) is 3.03. The van der Waals surface area contributed by atoms with Crippen LogP contribution in [0.5, 0.6) is 5.75 Å². The van der Waals surface area contributed by atoms with Gasteiger partial charge in [0, 0.05) is 0 Å². The van der Waals surface area contributed by atoms with Crippen molar-refractivity contribution in [1.82, 2.24) is 10.2 Å². The lowest BCUT2D eigenvalue weighted by Gasteiger charge is -2.31. The Labute approximate surface area is 151 Å². The molecule has 2 N–H and O–H groups in total. The molecule has 1 amide bonds. The lowest BCUT2D eigenvalue weighted by atomic mass is 9.93. The third-order valence-corrected chi connectivity index (χ3v) is 4.34. The molecule has 1 aliphatic heterocycles. The second kappa shape index (κ2) is 11.3. The van der Waals surface area contributed by atoms with E-state index in [1.807, 2.05) is 38.2 Å². The number of hydrogen-bond donors (Lipinski definition) is 2. The van der Waals surface area contributed by atoms with Gasteiger partial charge in [0.2, 0.25) is 5.91 Å². The third-order valence-electron chi connectivity index (χ3n) is 4.34. The van der Waals surface area contributed by atoms with Crippen LogP contribution in [0.15, 0.2) is 24.3 Å². The molecule has 6 heteroatoms. The molecule has 1 aromatic rings. The molecule has 2 rings (SSSR count). The molecule has 136 valence electrons. The van der Waals surface area contributed by atoms with E-state index in [0.717, 1.165) is 37.0 Å². The number of amides is 1. The van der Waals surface area contributed by atoms with Crippen molar-refractivity contribution in [2.75, 3.05) is 45.2 Å². The minimum Gasteiger partial charge on any atom is -0.492 e. The minimum absolute atomic E-state index is 0. The number of benzene rings is 1. The van der Waals surface area contributed by atoms with Gasteiger partial charge in [-0.1, -0.05) is 12.1 Å². The van der Waals surface area contributed by atoms with Crippen molar-refractivity contribution in [2.45, 2.75) is 26.2 Å². The first kappa shape index (κ1) is 20.7. The highest BCUT2D eigenvalue weighted by Gasteiger charge is 2.20. The Morgan fingerprint density at radius 2 is 2.00 bits per heavy atom. The van der Waals surface area contributed by atoms with Crippen LogP contribution in [0.25, 0.3) is 0 Å². The lowest BCUT2D eigenvalue weighted by molar-refractivity contribution is -0.117. The number of rotatable bonds is 8. The summed E-state index contributed by atoms with van der Waals surface area (Å²) < 4.78 is 5.55. The van der Waals surface area contributed by atoms with Crippen LogP contribution in [-0.4, -0.2) is 50.6 Å². The average molecular weight is 356 g/mol. The topological polar surface area (TPSA) is 53.6 Å². The van der Waals surface area contributed by atoms with E-state index in [4.69, 9.17) is 4.74 Å². The number of para-hydroxylation sites is 2. The van der Waals surface area contributed by atoms with E-state index in [1.165, 1.54) is 19.3 Å². The summed E-state index contributed by atoms with van der Waals surface area (Å²) in [6.07, 6.45) is 3.60. The van der Waals surface area contributed by atoms with E-state index in [2.05, 4.69) is 15.5 Å². The summed E-state index contributed by atoms with van der Waals surface area (Å²) in [5.74, 6) is 1.56. The number of carbonyl (C=O) groups excluding carboxylic acids is 1. The first-order chi connectivity index (χ1) is 11.2. The van der Waals surface area contributed by atoms with Crippen LogP contribution in [0, 0.1) is 5.92 Å². The number of carbonyl (C=O) groups is 1. The van der Waals surface area contributed by atoms with E-state index in [0.29, 0.717) is 13.2 Å². The fourth-order valence-electron chi connectivity index (χ4n) is 3.03. The second-order valence-corrected chi connectivity index (χ2v) is 6.09. The van der Waals surface area contributed by atoms with Gasteiger partial charge >= 0.3 is 0 Å². The van der Waals surface area contributed by atoms with E-state index in [-0.39, 0.29) is 18.3 Å². The molecule has 1 heterocycles. The highest BCUT2D eigenvalue weighted by atomic mass is 35.5. The van der Waals surface area contributed by atoms with Crippen molar-refractivity contribution < 1.29 is 9.53 Å². The molecule has 0 bridgehead atoms. The predicted octanol–water partition coefficient (Wildman–Crippen LogP) is 2.77. The standard InChI is InChI=1S/C18H29N3O2.ClH/c1-3-23-17-7-5-4-6-16(17)20-18(22)14-21-12-9-15(10-13-21)8-11-19-2;/h4-7,15,19H,3,8-14H2,1-2H3,(H,20,22);1H. The molecule has 0 unspecified atom stereocenters. The van der Waals surface area contributed by atoms with Gasteiger partial charge in [0.15, 0.2) is 0 Å². The van der Waals surface area contributed by atoms with E-state index in [9.17, 15) is 4.79 Å². The highest BCUT2D eigenvalue weighted by Crippen LogP contribution is 2.24. The number of anilines is 1. The van der Waals surface area contributed by atoms with Gasteiger partial charge in [-0.3, -0.25) is 9.69 Å². The molecular formula is C18H30ClN3O2. The summed E-state index contributed by atoms with van der Waals surface area (Å²) in [6, 6.07) is 7.58. The summed E-state index contributed by atoms with van der Waals surface area (Å²) >= 11 is 0. The Morgan fingerprint density at radius 3 is 2.67 bits per heavy atom. The lowest BCUT2D eigenvalue weighted by Crippen LogP contribution is -2.39. The number of likely N-dealkylation sites (tertiary alicyclic amines) is 1. The Hall–Kier alpha value is -1.30. The van der Waals surface area contributed by atoms with Crippen LogP contribution in [0.2, 0.25) is 0 Å². The van der Waals surface area contributed by atoms with Gasteiger partial charge < -0.3 is 15.4 Å². The number of ether oxygens (including phenoxy) is 1. The Morgan fingerprint density at radius 1 is 1.29 bits per heavy atom. The molecule has 0 saturated carbocycles. The van der Waals surface area contributed by atoms with Crippen molar-refractivity contribution >= 4 is 24.0 Å². The third kappa shape index (κ3) is 6.67. The molecule has 5 nitrogen and oxygen atoms in total. The maximum Gasteiger partial charge on any atom is 0.238 e. The monoisotopic (exact) mass is 355 g/mol. The maximum atomic E-state index is 12.3. The summed E-state index contributed by atoms with van der Waals surface area (Å²) in [6.45, 7) is 6.09. The molecule has 0 spiro atoms. The van der Waals surface area contributed by atoms with E-state index in [1.54, 1.807) is 0 Å². The average Bonchev–Trinajstić information content (AvgIpc) is 2.56. The Balaban J connectivity index is 0.00000288. The molecule has 0 atom stereocenters. The van der Waals surface area contributed by atoms with Crippen LogP contribution < -0.4 is 15.4 Å². The summed E-state index contributed by atoms with van der Waals surface area (Å²) in [7, 11) is 2.00. The predicted molar refractivity (Wildman–Crippen MR) is 101 cm³/mol. The smallest absolute Gasteiger partial charge is 0.238 e. The number of hydrogen-bond acceptors (Lipinski definition) is 4. The van der Waals surface area contributed by atoms with Crippen molar-refractivity contribution in [2.24, 2.45) is 5.92 Å². The zero-order valence-corrected chi connectivity index (χ0v) is 15.5. The van der Waals surface area contributed by atoms with Gasteiger partial charge in [-0.25, -0.2) is 0 Å². The molecule has 1 fully saturated rings. The van der Waals surface area contributed by atoms with Gasteiger partial charge in [-0.2, -0.15) is 0 Å². The highest BCUT2D eigenvalue weighted by molar-refractivity contribution is 5.93. The molecular weight excluding hydrogens is 326 g/mol. The molecule has 1 aliphatic rings. The molecule has 1 saturated heterocycles. The van der Waals surface area contributed by atoms with Gasteiger partial charge in [-0.15, -0.1) is 12.4 Å². The van der Waals surface area contributed by atoms with Crippen LogP contribution in [0.1, 0.15) is 26.2 Å². The zero-order chi connectivity index (χ0) is 16.5. The van der Waals surface area contributed by atoms with Gasteiger partial charge in [0.1, 0.15) is 5.75 Å². The summed E-state index contributed by atoms with van der Waals surface area (Å²) in [4.78, 5) is 14.5. The first-order valence-corrected chi connectivity index (χ1v) is 8.61. The van der Waals surface area contributed by atoms with Crippen LogP contribution in [0.3, 0.4) is 0 Å². The van der Waals surface area contributed by atoms with Crippen LogP contribution in [-0.2, 0) is 4.79 Å². The fraction of sp³-hybridized carbons (Fsp3) is 0.611. The van der Waals surface area contributed by atoms with Crippen LogP contribution >= 0.6 is 12.4 Å². The number of nitrogens with zero attached hydrogens (tertiary/aromatic N) is 1. The largest absolute Gasteiger partial charge is 0.492 e. The number of nitrogens with one attached hydrogen (secondary N) is 2. The molecule has 0 aliphatic carbocycles. The molecule has 24 heavy (non-hydrogen) atoms. The van der Waals surface area contributed by atoms with Crippen molar-refractivity contribution in [3.63, 3.8) is 0 Å². The summed E-state index contributed by atoms with van der Waals surface area (Å²) in [5, 5.41) is 6.18. The van der Waals surface area contributed by atoms with Gasteiger partial charge in [0.05, 0.1) is 18.8 Å². The summed E-state index contributed by atoms with van der Waals surface area (Å²) in [5.41, 5.74) is 0.753. The number of halogens is 1. The molecule has 0 aromatic heterocycles. The quantitative estimate of drug-likeness (QED) is 0.753. The SMILES string of the molecule is CCOc1ccccc1NC(=O)CN1CCC(CCNC)CC1.Cl. The normalized spacial score (nSPS) is 15.6.